The monoisotopic (exact) mass is 342 g/mol. The van der Waals surface area contributed by atoms with E-state index in [-0.39, 0.29) is 17.9 Å². The summed E-state index contributed by atoms with van der Waals surface area (Å²) < 4.78 is 5.23. The molecule has 0 aromatic heterocycles. The number of nitrogens with two attached hydrogens (primary N) is 1. The van der Waals surface area contributed by atoms with Gasteiger partial charge in [0.25, 0.3) is 17.5 Å². The van der Waals surface area contributed by atoms with Crippen LogP contribution < -0.4 is 15.9 Å². The van der Waals surface area contributed by atoms with Crippen LogP contribution in [0.15, 0.2) is 53.6 Å². The Morgan fingerprint density at radius 3 is 2.72 bits per heavy atom. The number of hydrazone groups is 1. The molecule has 0 spiro atoms. The van der Waals surface area contributed by atoms with Crippen molar-refractivity contribution in [3.05, 3.63) is 69.8 Å². The molecule has 9 nitrogen and oxygen atoms in total. The SMILES string of the molecule is NC(=O)COc1ccccc1/C=N/NC(=O)c1cccc([N+](=O)[O-])c1. The molecule has 0 aliphatic carbocycles. The second-order valence-electron chi connectivity index (χ2n) is 4.80. The van der Waals surface area contributed by atoms with Gasteiger partial charge in [0.05, 0.1) is 11.1 Å². The highest BCUT2D eigenvalue weighted by Gasteiger charge is 2.10. The van der Waals surface area contributed by atoms with Crippen LogP contribution in [-0.4, -0.2) is 29.6 Å². The summed E-state index contributed by atoms with van der Waals surface area (Å²) in [5.74, 6) is -0.851. The van der Waals surface area contributed by atoms with Crippen molar-refractivity contribution in [1.82, 2.24) is 5.43 Å². The molecule has 0 radical (unpaired) electrons. The fourth-order valence-corrected chi connectivity index (χ4v) is 1.85. The van der Waals surface area contributed by atoms with Crippen molar-refractivity contribution in [2.24, 2.45) is 10.8 Å². The number of carbonyl (C=O) groups is 2. The Bertz CT molecular complexity index is 835. The molecule has 2 amide bonds. The number of carbonyl (C=O) groups excluding carboxylic acids is 2. The van der Waals surface area contributed by atoms with Crippen LogP contribution in [0.4, 0.5) is 5.69 Å². The van der Waals surface area contributed by atoms with E-state index in [0.717, 1.165) is 6.07 Å². The smallest absolute Gasteiger partial charge is 0.271 e. The van der Waals surface area contributed by atoms with Crippen LogP contribution in [0.5, 0.6) is 5.75 Å². The van der Waals surface area contributed by atoms with Crippen molar-refractivity contribution in [1.29, 1.82) is 0 Å². The van der Waals surface area contributed by atoms with Crippen LogP contribution in [0.25, 0.3) is 0 Å². The highest BCUT2D eigenvalue weighted by Crippen LogP contribution is 2.16. The van der Waals surface area contributed by atoms with Gasteiger partial charge in [-0.1, -0.05) is 18.2 Å². The molecule has 0 aliphatic rings. The lowest BCUT2D eigenvalue weighted by atomic mass is 10.2. The maximum atomic E-state index is 12.0. The summed E-state index contributed by atoms with van der Waals surface area (Å²) in [4.78, 5) is 32.9. The van der Waals surface area contributed by atoms with Crippen molar-refractivity contribution in [3.8, 4) is 5.75 Å². The van der Waals surface area contributed by atoms with E-state index < -0.39 is 16.7 Å². The average molecular weight is 342 g/mol. The van der Waals surface area contributed by atoms with Gasteiger partial charge in [0.2, 0.25) is 0 Å². The summed E-state index contributed by atoms with van der Waals surface area (Å²) in [6.45, 7) is -0.287. The Morgan fingerprint density at radius 2 is 2.00 bits per heavy atom. The molecular formula is C16H14N4O5. The third-order valence-electron chi connectivity index (χ3n) is 2.98. The van der Waals surface area contributed by atoms with Crippen molar-refractivity contribution in [2.75, 3.05) is 6.61 Å². The molecule has 0 atom stereocenters. The number of amides is 2. The van der Waals surface area contributed by atoms with E-state index in [9.17, 15) is 19.7 Å². The van der Waals surface area contributed by atoms with Crippen molar-refractivity contribution >= 4 is 23.7 Å². The van der Waals surface area contributed by atoms with Crippen LogP contribution in [-0.2, 0) is 4.79 Å². The molecule has 25 heavy (non-hydrogen) atoms. The van der Waals surface area contributed by atoms with E-state index >= 15 is 0 Å². The lowest BCUT2D eigenvalue weighted by Gasteiger charge is -2.06. The van der Waals surface area contributed by atoms with Gasteiger partial charge in [-0.15, -0.1) is 0 Å². The number of nitrogens with one attached hydrogen (secondary N) is 1. The molecule has 0 bridgehead atoms. The number of hydrogen-bond donors (Lipinski definition) is 2. The number of primary amides is 1. The van der Waals surface area contributed by atoms with Crippen molar-refractivity contribution < 1.29 is 19.2 Å². The maximum absolute atomic E-state index is 12.0. The van der Waals surface area contributed by atoms with Crippen LogP contribution >= 0.6 is 0 Å². The van der Waals surface area contributed by atoms with Crippen LogP contribution in [0.3, 0.4) is 0 Å². The van der Waals surface area contributed by atoms with Crippen molar-refractivity contribution in [2.45, 2.75) is 0 Å². The molecule has 128 valence electrons. The number of nitro benzene ring substituents is 1. The molecule has 0 heterocycles. The first-order valence-corrected chi connectivity index (χ1v) is 7.05. The number of benzene rings is 2. The Balaban J connectivity index is 2.06. The molecule has 0 saturated heterocycles. The minimum Gasteiger partial charge on any atom is -0.483 e. The van der Waals surface area contributed by atoms with Gasteiger partial charge in [-0.05, 0) is 18.2 Å². The highest BCUT2D eigenvalue weighted by molar-refractivity contribution is 5.95. The summed E-state index contributed by atoms with van der Waals surface area (Å²) in [7, 11) is 0. The summed E-state index contributed by atoms with van der Waals surface area (Å²) in [6, 6.07) is 12.0. The van der Waals surface area contributed by atoms with Gasteiger partial charge in [0.15, 0.2) is 6.61 Å². The number of para-hydroxylation sites is 1. The quantitative estimate of drug-likeness (QED) is 0.443. The maximum Gasteiger partial charge on any atom is 0.271 e. The zero-order chi connectivity index (χ0) is 18.2. The highest BCUT2D eigenvalue weighted by atomic mass is 16.6. The lowest BCUT2D eigenvalue weighted by Crippen LogP contribution is -2.20. The second kappa shape index (κ2) is 8.20. The topological polar surface area (TPSA) is 137 Å². The average Bonchev–Trinajstić information content (AvgIpc) is 2.60. The lowest BCUT2D eigenvalue weighted by molar-refractivity contribution is -0.384. The first-order chi connectivity index (χ1) is 12.0. The van der Waals surface area contributed by atoms with E-state index in [4.69, 9.17) is 10.5 Å². The number of non-ortho nitro benzene ring substituents is 1. The molecule has 2 rings (SSSR count). The second-order valence-corrected chi connectivity index (χ2v) is 4.80. The van der Waals surface area contributed by atoms with Gasteiger partial charge < -0.3 is 10.5 Å². The molecule has 0 unspecified atom stereocenters. The van der Waals surface area contributed by atoms with Gasteiger partial charge in [-0.2, -0.15) is 5.10 Å². The predicted molar refractivity (Wildman–Crippen MR) is 89.3 cm³/mol. The molecule has 0 aliphatic heterocycles. The summed E-state index contributed by atoms with van der Waals surface area (Å²) >= 11 is 0. The molecule has 2 aromatic carbocycles. The minimum atomic E-state index is -0.620. The number of nitro groups is 1. The van der Waals surface area contributed by atoms with E-state index in [2.05, 4.69) is 10.5 Å². The standard InChI is InChI=1S/C16H14N4O5/c17-15(21)10-25-14-7-2-1-4-12(14)9-18-19-16(22)11-5-3-6-13(8-11)20(23)24/h1-9H,10H2,(H2,17,21)(H,19,22)/b18-9+. The minimum absolute atomic E-state index is 0.101. The Hall–Kier alpha value is -3.75. The fourth-order valence-electron chi connectivity index (χ4n) is 1.85. The zero-order valence-electron chi connectivity index (χ0n) is 12.9. The van der Waals surface area contributed by atoms with Gasteiger partial charge in [-0.3, -0.25) is 19.7 Å². The summed E-state index contributed by atoms with van der Waals surface area (Å²) in [5, 5.41) is 14.5. The van der Waals surface area contributed by atoms with E-state index in [1.54, 1.807) is 24.3 Å². The molecular weight excluding hydrogens is 328 g/mol. The van der Waals surface area contributed by atoms with E-state index in [1.807, 2.05) is 0 Å². The molecule has 2 aromatic rings. The largest absolute Gasteiger partial charge is 0.483 e. The van der Waals surface area contributed by atoms with Gasteiger partial charge >= 0.3 is 0 Å². The van der Waals surface area contributed by atoms with Crippen molar-refractivity contribution in [3.63, 3.8) is 0 Å². The van der Waals surface area contributed by atoms with Gasteiger partial charge in [0, 0.05) is 23.3 Å². The Labute approximate surface area is 142 Å². The number of nitrogens with zero attached hydrogens (tertiary/aromatic N) is 2. The van der Waals surface area contributed by atoms with Gasteiger partial charge in [0.1, 0.15) is 5.75 Å². The Kier molecular flexibility index (Phi) is 5.77. The van der Waals surface area contributed by atoms with Crippen LogP contribution in [0, 0.1) is 10.1 Å². The van der Waals surface area contributed by atoms with Crippen LogP contribution in [0.1, 0.15) is 15.9 Å². The van der Waals surface area contributed by atoms with Crippen LogP contribution in [0.2, 0.25) is 0 Å². The number of rotatable bonds is 7. The summed E-state index contributed by atoms with van der Waals surface area (Å²) in [5.41, 5.74) is 7.72. The predicted octanol–water partition coefficient (Wildman–Crippen LogP) is 1.22. The normalized spacial score (nSPS) is 10.4. The van der Waals surface area contributed by atoms with E-state index in [1.165, 1.54) is 24.4 Å². The first-order valence-electron chi connectivity index (χ1n) is 7.05. The number of ether oxygens (including phenoxy) is 1. The zero-order valence-corrected chi connectivity index (χ0v) is 12.9. The fraction of sp³-hybridized carbons (Fsp3) is 0.0625. The van der Waals surface area contributed by atoms with Gasteiger partial charge in [-0.25, -0.2) is 5.43 Å². The third kappa shape index (κ3) is 5.13. The van der Waals surface area contributed by atoms with E-state index in [0.29, 0.717) is 11.3 Å². The molecule has 3 N–H and O–H groups in total. The Morgan fingerprint density at radius 1 is 1.24 bits per heavy atom. The summed E-state index contributed by atoms with van der Waals surface area (Å²) in [6.07, 6.45) is 1.32. The molecule has 9 heteroatoms. The first kappa shape index (κ1) is 17.6. The number of hydrogen-bond acceptors (Lipinski definition) is 6. The molecule has 0 fully saturated rings. The molecule has 0 saturated carbocycles. The third-order valence-corrected chi connectivity index (χ3v) is 2.98.